The second kappa shape index (κ2) is 8.64. The molecule has 0 heterocycles. The molecule has 0 saturated heterocycles. The highest BCUT2D eigenvalue weighted by molar-refractivity contribution is 6.32. The van der Waals surface area contributed by atoms with Gasteiger partial charge in [-0.05, 0) is 29.7 Å². The van der Waals surface area contributed by atoms with Crippen LogP contribution in [0.3, 0.4) is 0 Å². The van der Waals surface area contributed by atoms with Crippen LogP contribution in [0.1, 0.15) is 19.4 Å². The van der Waals surface area contributed by atoms with E-state index in [1.165, 1.54) is 12.1 Å². The molecule has 138 valence electrons. The molecule has 0 aromatic heterocycles. The third-order valence-electron chi connectivity index (χ3n) is 3.74. The Morgan fingerprint density at radius 3 is 2.54 bits per heavy atom. The van der Waals surface area contributed by atoms with Crippen LogP contribution in [0.25, 0.3) is 0 Å². The lowest BCUT2D eigenvalue weighted by Gasteiger charge is -2.18. The number of ether oxygens (including phenoxy) is 1. The Kier molecular flexibility index (Phi) is 6.54. The van der Waals surface area contributed by atoms with E-state index in [-0.39, 0.29) is 23.9 Å². The molecule has 0 radical (unpaired) electrons. The van der Waals surface area contributed by atoms with Gasteiger partial charge in [0, 0.05) is 12.6 Å². The number of nitrogens with zero attached hydrogens (tertiary/aromatic N) is 1. The zero-order chi connectivity index (χ0) is 19.3. The van der Waals surface area contributed by atoms with Gasteiger partial charge in [0.25, 0.3) is 0 Å². The van der Waals surface area contributed by atoms with E-state index in [0.29, 0.717) is 16.3 Å². The Labute approximate surface area is 155 Å². The van der Waals surface area contributed by atoms with Gasteiger partial charge in [-0.15, -0.1) is 0 Å². The van der Waals surface area contributed by atoms with Crippen molar-refractivity contribution in [3.63, 3.8) is 0 Å². The van der Waals surface area contributed by atoms with E-state index in [9.17, 15) is 20.0 Å². The first-order valence-corrected chi connectivity index (χ1v) is 8.33. The average Bonchev–Trinajstić information content (AvgIpc) is 2.57. The minimum absolute atomic E-state index is 0.0606. The number of rotatable bonds is 8. The van der Waals surface area contributed by atoms with Gasteiger partial charge in [-0.2, -0.15) is 0 Å². The lowest BCUT2D eigenvalue weighted by atomic mass is 10.0. The summed E-state index contributed by atoms with van der Waals surface area (Å²) in [5.41, 5.74) is 0.357. The van der Waals surface area contributed by atoms with Crippen LogP contribution in [0.2, 0.25) is 5.02 Å². The summed E-state index contributed by atoms with van der Waals surface area (Å²) < 4.78 is 5.57. The predicted octanol–water partition coefficient (Wildman–Crippen LogP) is 4.24. The van der Waals surface area contributed by atoms with Crippen molar-refractivity contribution in [1.29, 1.82) is 0 Å². The highest BCUT2D eigenvalue weighted by atomic mass is 35.5. The van der Waals surface area contributed by atoms with Gasteiger partial charge in [0.1, 0.15) is 11.8 Å². The van der Waals surface area contributed by atoms with E-state index in [1.54, 1.807) is 44.2 Å². The SMILES string of the molecule is CC(C)[C@@H](NCc1ccc(Oc2ccccc2Cl)c([N+](=O)[O-])c1)C(=O)O. The van der Waals surface area contributed by atoms with Crippen molar-refractivity contribution in [3.05, 3.63) is 63.2 Å². The smallest absolute Gasteiger partial charge is 0.320 e. The molecule has 0 unspecified atom stereocenters. The molecule has 0 amide bonds. The van der Waals surface area contributed by atoms with Crippen LogP contribution >= 0.6 is 11.6 Å². The molecule has 0 aliphatic carbocycles. The van der Waals surface area contributed by atoms with Crippen LogP contribution in [0, 0.1) is 16.0 Å². The van der Waals surface area contributed by atoms with Gasteiger partial charge in [-0.25, -0.2) is 0 Å². The molecule has 2 aromatic carbocycles. The number of nitro benzene ring substituents is 1. The molecule has 2 rings (SSSR count). The number of nitrogens with one attached hydrogen (secondary N) is 1. The maximum atomic E-state index is 11.4. The number of carboxylic acid groups (broad SMARTS) is 1. The summed E-state index contributed by atoms with van der Waals surface area (Å²) in [6, 6.07) is 10.4. The van der Waals surface area contributed by atoms with Gasteiger partial charge in [-0.3, -0.25) is 14.9 Å². The van der Waals surface area contributed by atoms with E-state index < -0.39 is 16.9 Å². The predicted molar refractivity (Wildman–Crippen MR) is 97.7 cm³/mol. The molecule has 8 heteroatoms. The van der Waals surface area contributed by atoms with Crippen LogP contribution in [-0.4, -0.2) is 22.0 Å². The van der Waals surface area contributed by atoms with Crippen LogP contribution in [0.15, 0.2) is 42.5 Å². The van der Waals surface area contributed by atoms with Crippen molar-refractivity contribution < 1.29 is 19.6 Å². The number of hydrogen-bond acceptors (Lipinski definition) is 5. The van der Waals surface area contributed by atoms with Crippen LogP contribution < -0.4 is 10.1 Å². The number of halogens is 1. The van der Waals surface area contributed by atoms with Gasteiger partial charge in [0.15, 0.2) is 0 Å². The van der Waals surface area contributed by atoms with Gasteiger partial charge >= 0.3 is 11.7 Å². The van der Waals surface area contributed by atoms with Crippen LogP contribution in [0.4, 0.5) is 5.69 Å². The van der Waals surface area contributed by atoms with Gasteiger partial charge in [0.2, 0.25) is 5.75 Å². The summed E-state index contributed by atoms with van der Waals surface area (Å²) in [5.74, 6) is -0.710. The van der Waals surface area contributed by atoms with Crippen molar-refractivity contribution in [2.75, 3.05) is 0 Å². The van der Waals surface area contributed by atoms with Crippen molar-refractivity contribution in [2.24, 2.45) is 5.92 Å². The monoisotopic (exact) mass is 378 g/mol. The molecular weight excluding hydrogens is 360 g/mol. The Hall–Kier alpha value is -2.64. The fourth-order valence-corrected chi connectivity index (χ4v) is 2.56. The number of aliphatic carboxylic acids is 1. The summed E-state index contributed by atoms with van der Waals surface area (Å²) in [5, 5.41) is 23.8. The minimum Gasteiger partial charge on any atom is -0.480 e. The fraction of sp³-hybridized carbons (Fsp3) is 0.278. The van der Waals surface area contributed by atoms with Gasteiger partial charge in [-0.1, -0.05) is 43.6 Å². The molecule has 0 spiro atoms. The summed E-state index contributed by atoms with van der Waals surface area (Å²) >= 11 is 6.02. The number of carbonyl (C=O) groups is 1. The number of benzene rings is 2. The molecule has 0 fully saturated rings. The Bertz CT molecular complexity index is 810. The number of para-hydroxylation sites is 1. The number of hydrogen-bond donors (Lipinski definition) is 2. The molecule has 2 N–H and O–H groups in total. The molecule has 0 bridgehead atoms. The maximum Gasteiger partial charge on any atom is 0.320 e. The van der Waals surface area contributed by atoms with E-state index in [0.717, 1.165) is 0 Å². The third kappa shape index (κ3) is 4.93. The summed E-state index contributed by atoms with van der Waals surface area (Å²) in [4.78, 5) is 22.1. The molecule has 7 nitrogen and oxygen atoms in total. The molecule has 0 aliphatic heterocycles. The quantitative estimate of drug-likeness (QED) is 0.526. The molecule has 2 aromatic rings. The normalized spacial score (nSPS) is 12.0. The molecule has 1 atom stereocenters. The summed E-state index contributed by atoms with van der Waals surface area (Å²) in [6.07, 6.45) is 0. The lowest BCUT2D eigenvalue weighted by molar-refractivity contribution is -0.385. The third-order valence-corrected chi connectivity index (χ3v) is 4.05. The maximum absolute atomic E-state index is 11.4. The number of carboxylic acids is 1. The fourth-order valence-electron chi connectivity index (χ4n) is 2.38. The molecule has 0 aliphatic rings. The van der Waals surface area contributed by atoms with Crippen molar-refractivity contribution in [3.8, 4) is 11.5 Å². The van der Waals surface area contributed by atoms with Crippen molar-refractivity contribution >= 4 is 23.3 Å². The van der Waals surface area contributed by atoms with Crippen LogP contribution in [-0.2, 0) is 11.3 Å². The lowest BCUT2D eigenvalue weighted by Crippen LogP contribution is -2.40. The minimum atomic E-state index is -0.965. The first-order chi connectivity index (χ1) is 12.3. The zero-order valence-corrected chi connectivity index (χ0v) is 15.1. The van der Waals surface area contributed by atoms with E-state index in [4.69, 9.17) is 16.3 Å². The second-order valence-electron chi connectivity index (χ2n) is 6.03. The Morgan fingerprint density at radius 2 is 1.96 bits per heavy atom. The molecule has 0 saturated carbocycles. The summed E-state index contributed by atoms with van der Waals surface area (Å²) in [6.45, 7) is 3.76. The largest absolute Gasteiger partial charge is 0.480 e. The highest BCUT2D eigenvalue weighted by Gasteiger charge is 2.22. The van der Waals surface area contributed by atoms with Crippen LogP contribution in [0.5, 0.6) is 11.5 Å². The topological polar surface area (TPSA) is 102 Å². The van der Waals surface area contributed by atoms with Crippen molar-refractivity contribution in [1.82, 2.24) is 5.32 Å². The average molecular weight is 379 g/mol. The Morgan fingerprint density at radius 1 is 1.27 bits per heavy atom. The van der Waals surface area contributed by atoms with Gasteiger partial charge < -0.3 is 15.2 Å². The molecule has 26 heavy (non-hydrogen) atoms. The number of nitro groups is 1. The second-order valence-corrected chi connectivity index (χ2v) is 6.44. The van der Waals surface area contributed by atoms with E-state index in [2.05, 4.69) is 5.32 Å². The summed E-state index contributed by atoms with van der Waals surface area (Å²) in [7, 11) is 0. The van der Waals surface area contributed by atoms with Gasteiger partial charge in [0.05, 0.1) is 9.95 Å². The first-order valence-electron chi connectivity index (χ1n) is 7.95. The highest BCUT2D eigenvalue weighted by Crippen LogP contribution is 2.35. The van der Waals surface area contributed by atoms with E-state index >= 15 is 0 Å². The van der Waals surface area contributed by atoms with E-state index in [1.807, 2.05) is 0 Å². The first kappa shape index (κ1) is 19.7. The molecular formula is C18H19ClN2O5. The standard InChI is InChI=1S/C18H19ClN2O5/c1-11(2)17(18(22)23)20-10-12-7-8-16(14(9-12)21(24)25)26-15-6-4-3-5-13(15)19/h3-9,11,17,20H,10H2,1-2H3,(H,22,23)/t17-/m1/s1. The zero-order valence-electron chi connectivity index (χ0n) is 14.3. The van der Waals surface area contributed by atoms with Crippen molar-refractivity contribution in [2.45, 2.75) is 26.4 Å². The Balaban J connectivity index is 2.22.